The lowest BCUT2D eigenvalue weighted by atomic mass is 10.1. The maximum Gasteiger partial charge on any atom is 0.255 e. The van der Waals surface area contributed by atoms with Crippen molar-refractivity contribution in [3.05, 3.63) is 23.8 Å². The molecule has 0 aliphatic rings. The summed E-state index contributed by atoms with van der Waals surface area (Å²) in [6.07, 6.45) is 1.80. The van der Waals surface area contributed by atoms with Gasteiger partial charge in [0.05, 0.1) is 24.6 Å². The molecule has 0 heterocycles. The van der Waals surface area contributed by atoms with E-state index in [0.29, 0.717) is 37.6 Å². The topological polar surface area (TPSA) is 84.9 Å². The Bertz CT molecular complexity index is 631. The zero-order chi connectivity index (χ0) is 17.5. The van der Waals surface area contributed by atoms with Crippen molar-refractivity contribution < 1.29 is 22.7 Å². The van der Waals surface area contributed by atoms with Crippen LogP contribution in [0.25, 0.3) is 0 Å². The third-order valence-corrected chi connectivity index (χ3v) is 4.45. The molecule has 23 heavy (non-hydrogen) atoms. The minimum absolute atomic E-state index is 0.289. The Kier molecular flexibility index (Phi) is 7.31. The predicted octanol–water partition coefficient (Wildman–Crippen LogP) is 1.25. The smallest absolute Gasteiger partial charge is 0.255 e. The molecule has 130 valence electrons. The second-order valence-corrected chi connectivity index (χ2v) is 6.94. The van der Waals surface area contributed by atoms with Gasteiger partial charge in [-0.1, -0.05) is 0 Å². The molecule has 1 amide bonds. The molecule has 1 aromatic rings. The maximum absolute atomic E-state index is 12.3. The van der Waals surface area contributed by atoms with E-state index in [1.807, 2.05) is 6.92 Å². The van der Waals surface area contributed by atoms with Crippen LogP contribution < -0.4 is 14.4 Å². The summed E-state index contributed by atoms with van der Waals surface area (Å²) in [6.45, 7) is 3.59. The van der Waals surface area contributed by atoms with Crippen molar-refractivity contribution in [2.75, 3.05) is 44.5 Å². The number of hydrogen-bond donors (Lipinski definition) is 1. The minimum Gasteiger partial charge on any atom is -0.496 e. The van der Waals surface area contributed by atoms with Crippen LogP contribution >= 0.6 is 0 Å². The SMILES string of the molecule is CCOCCCNC(=O)c1cc(N(C)S(C)(=O)=O)ccc1OC. The number of methoxy groups -OCH3 is 1. The van der Waals surface area contributed by atoms with Crippen molar-refractivity contribution in [1.29, 1.82) is 0 Å². The highest BCUT2D eigenvalue weighted by Gasteiger charge is 2.17. The van der Waals surface area contributed by atoms with Gasteiger partial charge in [0.15, 0.2) is 0 Å². The van der Waals surface area contributed by atoms with Crippen LogP contribution in [0.3, 0.4) is 0 Å². The zero-order valence-electron chi connectivity index (χ0n) is 14.0. The molecule has 0 unspecified atom stereocenters. The van der Waals surface area contributed by atoms with E-state index in [9.17, 15) is 13.2 Å². The number of anilines is 1. The Morgan fingerprint density at radius 3 is 2.61 bits per heavy atom. The summed E-state index contributed by atoms with van der Waals surface area (Å²) in [4.78, 5) is 12.3. The number of rotatable bonds is 9. The van der Waals surface area contributed by atoms with E-state index in [1.165, 1.54) is 20.2 Å². The van der Waals surface area contributed by atoms with Gasteiger partial charge in [-0.2, -0.15) is 0 Å². The van der Waals surface area contributed by atoms with E-state index < -0.39 is 10.0 Å². The normalized spacial score (nSPS) is 11.1. The molecule has 0 bridgehead atoms. The van der Waals surface area contributed by atoms with Crippen LogP contribution in [0.4, 0.5) is 5.69 Å². The molecule has 7 nitrogen and oxygen atoms in total. The van der Waals surface area contributed by atoms with Crippen LogP contribution in [-0.4, -0.2) is 54.5 Å². The van der Waals surface area contributed by atoms with Crippen LogP contribution in [-0.2, 0) is 14.8 Å². The van der Waals surface area contributed by atoms with Gasteiger partial charge in [-0.15, -0.1) is 0 Å². The fraction of sp³-hybridized carbons (Fsp3) is 0.533. The summed E-state index contributed by atoms with van der Waals surface area (Å²) >= 11 is 0. The molecule has 0 aliphatic heterocycles. The highest BCUT2D eigenvalue weighted by molar-refractivity contribution is 7.92. The Morgan fingerprint density at radius 2 is 2.04 bits per heavy atom. The average Bonchev–Trinajstić information content (AvgIpc) is 2.52. The van der Waals surface area contributed by atoms with Crippen molar-refractivity contribution in [2.24, 2.45) is 0 Å². The standard InChI is InChI=1S/C15H24N2O5S/c1-5-22-10-6-9-16-15(18)13-11-12(7-8-14(13)21-3)17(2)23(4,19)20/h7-8,11H,5-6,9-10H2,1-4H3,(H,16,18). The molecule has 0 atom stereocenters. The van der Waals surface area contributed by atoms with Gasteiger partial charge in [-0.05, 0) is 31.5 Å². The first kappa shape index (κ1) is 19.2. The molecule has 0 saturated heterocycles. The van der Waals surface area contributed by atoms with Crippen molar-refractivity contribution in [2.45, 2.75) is 13.3 Å². The fourth-order valence-corrected chi connectivity index (χ4v) is 2.37. The van der Waals surface area contributed by atoms with E-state index in [-0.39, 0.29) is 11.5 Å². The number of amides is 1. The van der Waals surface area contributed by atoms with Gasteiger partial charge >= 0.3 is 0 Å². The Balaban J connectivity index is 2.88. The van der Waals surface area contributed by atoms with Gasteiger partial charge in [0, 0.05) is 26.8 Å². The van der Waals surface area contributed by atoms with Gasteiger partial charge in [-0.3, -0.25) is 9.10 Å². The summed E-state index contributed by atoms with van der Waals surface area (Å²) in [5.74, 6) is 0.0695. The fourth-order valence-electron chi connectivity index (χ4n) is 1.88. The molecule has 0 saturated carbocycles. The number of sulfonamides is 1. The van der Waals surface area contributed by atoms with Crippen molar-refractivity contribution >= 4 is 21.6 Å². The van der Waals surface area contributed by atoms with Crippen LogP contribution in [0.5, 0.6) is 5.75 Å². The monoisotopic (exact) mass is 344 g/mol. The lowest BCUT2D eigenvalue weighted by Crippen LogP contribution is -2.27. The second kappa shape index (κ2) is 8.73. The van der Waals surface area contributed by atoms with Crippen molar-refractivity contribution in [3.63, 3.8) is 0 Å². The molecule has 0 spiro atoms. The maximum atomic E-state index is 12.3. The van der Waals surface area contributed by atoms with E-state index >= 15 is 0 Å². The van der Waals surface area contributed by atoms with Crippen molar-refractivity contribution in [1.82, 2.24) is 5.32 Å². The van der Waals surface area contributed by atoms with E-state index in [2.05, 4.69) is 5.32 Å². The van der Waals surface area contributed by atoms with Crippen LogP contribution in [0.15, 0.2) is 18.2 Å². The highest BCUT2D eigenvalue weighted by atomic mass is 32.2. The van der Waals surface area contributed by atoms with Gasteiger partial charge in [0.25, 0.3) is 5.91 Å². The second-order valence-electron chi connectivity index (χ2n) is 4.92. The lowest BCUT2D eigenvalue weighted by Gasteiger charge is -2.18. The first-order valence-corrected chi connectivity index (χ1v) is 9.14. The lowest BCUT2D eigenvalue weighted by molar-refractivity contribution is 0.0941. The van der Waals surface area contributed by atoms with E-state index in [1.54, 1.807) is 12.1 Å². The van der Waals surface area contributed by atoms with Gasteiger partial charge < -0.3 is 14.8 Å². The quantitative estimate of drug-likeness (QED) is 0.682. The molecular weight excluding hydrogens is 320 g/mol. The molecule has 1 aromatic carbocycles. The third-order valence-electron chi connectivity index (χ3n) is 3.24. The molecule has 0 aliphatic carbocycles. The predicted molar refractivity (Wildman–Crippen MR) is 89.7 cm³/mol. The highest BCUT2D eigenvalue weighted by Crippen LogP contribution is 2.25. The Labute approximate surface area is 137 Å². The Hall–Kier alpha value is -1.80. The van der Waals surface area contributed by atoms with Crippen LogP contribution in [0, 0.1) is 0 Å². The van der Waals surface area contributed by atoms with Crippen molar-refractivity contribution in [3.8, 4) is 5.75 Å². The summed E-state index contributed by atoms with van der Waals surface area (Å²) < 4.78 is 34.7. The van der Waals surface area contributed by atoms with Crippen LogP contribution in [0.2, 0.25) is 0 Å². The average molecular weight is 344 g/mol. The first-order chi connectivity index (χ1) is 10.8. The van der Waals surface area contributed by atoms with Gasteiger partial charge in [0.2, 0.25) is 10.0 Å². The number of nitrogens with one attached hydrogen (secondary N) is 1. The largest absolute Gasteiger partial charge is 0.496 e. The summed E-state index contributed by atoms with van der Waals surface area (Å²) in [6, 6.07) is 4.66. The summed E-state index contributed by atoms with van der Waals surface area (Å²) in [5.41, 5.74) is 0.685. The van der Waals surface area contributed by atoms with Crippen LogP contribution in [0.1, 0.15) is 23.7 Å². The number of hydrogen-bond acceptors (Lipinski definition) is 5. The number of carbonyl (C=O) groups is 1. The zero-order valence-corrected chi connectivity index (χ0v) is 14.8. The molecule has 1 rings (SSSR count). The number of nitrogens with zero attached hydrogens (tertiary/aromatic N) is 1. The van der Waals surface area contributed by atoms with E-state index in [0.717, 1.165) is 10.6 Å². The minimum atomic E-state index is -3.40. The molecule has 8 heteroatoms. The summed E-state index contributed by atoms with van der Waals surface area (Å²) in [7, 11) is -0.510. The van der Waals surface area contributed by atoms with E-state index in [4.69, 9.17) is 9.47 Å². The molecule has 0 fully saturated rings. The third kappa shape index (κ3) is 5.72. The summed E-state index contributed by atoms with van der Waals surface area (Å²) in [5, 5.41) is 2.77. The van der Waals surface area contributed by atoms with Gasteiger partial charge in [0.1, 0.15) is 5.75 Å². The molecule has 0 aromatic heterocycles. The number of benzene rings is 1. The Morgan fingerprint density at radius 1 is 1.35 bits per heavy atom. The number of ether oxygens (including phenoxy) is 2. The molecule has 0 radical (unpaired) electrons. The molecular formula is C15H24N2O5S. The molecule has 1 N–H and O–H groups in total. The van der Waals surface area contributed by atoms with Gasteiger partial charge in [-0.25, -0.2) is 8.42 Å². The first-order valence-electron chi connectivity index (χ1n) is 7.29. The number of carbonyl (C=O) groups excluding carboxylic acids is 1.